The fourth-order valence-corrected chi connectivity index (χ4v) is 0.996. The zero-order valence-electron chi connectivity index (χ0n) is 7.33. The molecule has 1 aliphatic heterocycles. The standard InChI is InChI=1S/C7H12N2O3/c1-9-5(7(10)12-3)4-6(8-9)11-2/h4-5,8H,1-3H3. The van der Waals surface area contributed by atoms with Crippen molar-refractivity contribution in [2.24, 2.45) is 0 Å². The Balaban J connectivity index is 2.66. The molecule has 0 aromatic rings. The van der Waals surface area contributed by atoms with Crippen molar-refractivity contribution in [3.8, 4) is 0 Å². The summed E-state index contributed by atoms with van der Waals surface area (Å²) in [6, 6.07) is -0.398. The van der Waals surface area contributed by atoms with E-state index in [4.69, 9.17) is 4.74 Å². The summed E-state index contributed by atoms with van der Waals surface area (Å²) in [6.45, 7) is 0. The minimum absolute atomic E-state index is 0.308. The molecule has 0 radical (unpaired) electrons. The molecular formula is C7H12N2O3. The van der Waals surface area contributed by atoms with Crippen LogP contribution in [0.2, 0.25) is 0 Å². The lowest BCUT2D eigenvalue weighted by atomic mass is 10.3. The van der Waals surface area contributed by atoms with Crippen molar-refractivity contribution >= 4 is 5.97 Å². The molecule has 0 fully saturated rings. The third kappa shape index (κ3) is 1.50. The molecule has 0 aromatic carbocycles. The van der Waals surface area contributed by atoms with Crippen LogP contribution in [0, 0.1) is 0 Å². The summed E-state index contributed by atoms with van der Waals surface area (Å²) in [5.74, 6) is 0.255. The number of rotatable bonds is 2. The van der Waals surface area contributed by atoms with Crippen molar-refractivity contribution in [3.63, 3.8) is 0 Å². The molecule has 5 heteroatoms. The number of methoxy groups -OCH3 is 2. The lowest BCUT2D eigenvalue weighted by Gasteiger charge is -2.16. The van der Waals surface area contributed by atoms with E-state index in [1.165, 1.54) is 14.2 Å². The Morgan fingerprint density at radius 1 is 1.67 bits per heavy atom. The summed E-state index contributed by atoms with van der Waals surface area (Å²) >= 11 is 0. The largest absolute Gasteiger partial charge is 0.482 e. The van der Waals surface area contributed by atoms with Crippen molar-refractivity contribution in [1.82, 2.24) is 10.4 Å². The van der Waals surface area contributed by atoms with Crippen LogP contribution < -0.4 is 5.43 Å². The van der Waals surface area contributed by atoms with Gasteiger partial charge in [0.1, 0.15) is 6.04 Å². The number of carbonyl (C=O) groups is 1. The predicted octanol–water partition coefficient (Wildman–Crippen LogP) is -0.534. The van der Waals surface area contributed by atoms with Gasteiger partial charge in [0, 0.05) is 13.1 Å². The first kappa shape index (κ1) is 8.86. The molecule has 5 nitrogen and oxygen atoms in total. The molecule has 0 bridgehead atoms. The molecular weight excluding hydrogens is 160 g/mol. The highest BCUT2D eigenvalue weighted by molar-refractivity contribution is 5.78. The summed E-state index contributed by atoms with van der Waals surface area (Å²) in [5, 5.41) is 1.62. The van der Waals surface area contributed by atoms with Crippen molar-refractivity contribution in [1.29, 1.82) is 0 Å². The Morgan fingerprint density at radius 2 is 2.33 bits per heavy atom. The monoisotopic (exact) mass is 172 g/mol. The first-order valence-electron chi connectivity index (χ1n) is 3.52. The Labute approximate surface area is 70.9 Å². The lowest BCUT2D eigenvalue weighted by Crippen LogP contribution is -2.40. The Hall–Kier alpha value is -1.23. The average Bonchev–Trinajstić information content (AvgIpc) is 2.45. The quantitative estimate of drug-likeness (QED) is 0.567. The smallest absolute Gasteiger partial charge is 0.329 e. The van der Waals surface area contributed by atoms with Crippen LogP contribution >= 0.6 is 0 Å². The molecule has 1 aliphatic rings. The summed E-state index contributed by atoms with van der Waals surface area (Å²) in [7, 11) is 4.63. The van der Waals surface area contributed by atoms with E-state index in [1.807, 2.05) is 0 Å². The van der Waals surface area contributed by atoms with Crippen LogP contribution in [0.1, 0.15) is 0 Å². The normalized spacial score (nSPS) is 22.9. The molecule has 1 N–H and O–H groups in total. The van der Waals surface area contributed by atoms with E-state index < -0.39 is 6.04 Å². The summed E-state index contributed by atoms with van der Waals surface area (Å²) in [4.78, 5) is 11.1. The van der Waals surface area contributed by atoms with Crippen LogP contribution in [0.5, 0.6) is 0 Å². The van der Waals surface area contributed by atoms with Crippen molar-refractivity contribution < 1.29 is 14.3 Å². The molecule has 0 aromatic heterocycles. The van der Waals surface area contributed by atoms with Gasteiger partial charge >= 0.3 is 5.97 Å². The van der Waals surface area contributed by atoms with Gasteiger partial charge in [-0.05, 0) is 0 Å². The lowest BCUT2D eigenvalue weighted by molar-refractivity contribution is -0.144. The fraction of sp³-hybridized carbons (Fsp3) is 0.571. The molecule has 0 aliphatic carbocycles. The van der Waals surface area contributed by atoms with Crippen molar-refractivity contribution in [2.45, 2.75) is 6.04 Å². The van der Waals surface area contributed by atoms with Gasteiger partial charge in [-0.3, -0.25) is 5.43 Å². The SMILES string of the molecule is COC(=O)C1C=C(OC)NN1C. The zero-order chi connectivity index (χ0) is 9.14. The summed E-state index contributed by atoms with van der Waals surface area (Å²) in [6.07, 6.45) is 1.66. The maximum Gasteiger partial charge on any atom is 0.329 e. The first-order valence-corrected chi connectivity index (χ1v) is 3.52. The van der Waals surface area contributed by atoms with E-state index in [1.54, 1.807) is 18.1 Å². The molecule has 0 spiro atoms. The van der Waals surface area contributed by atoms with E-state index in [0.717, 1.165) is 0 Å². The van der Waals surface area contributed by atoms with Gasteiger partial charge in [0.2, 0.25) is 0 Å². The third-order valence-corrected chi connectivity index (χ3v) is 1.68. The van der Waals surface area contributed by atoms with E-state index in [9.17, 15) is 4.79 Å². The van der Waals surface area contributed by atoms with Crippen molar-refractivity contribution in [3.05, 3.63) is 12.0 Å². The van der Waals surface area contributed by atoms with Gasteiger partial charge in [-0.2, -0.15) is 0 Å². The van der Waals surface area contributed by atoms with Crippen LogP contribution in [0.4, 0.5) is 0 Å². The van der Waals surface area contributed by atoms with E-state index >= 15 is 0 Å². The molecule has 0 amide bonds. The van der Waals surface area contributed by atoms with Crippen LogP contribution in [0.15, 0.2) is 12.0 Å². The van der Waals surface area contributed by atoms with Gasteiger partial charge in [-0.1, -0.05) is 0 Å². The van der Waals surface area contributed by atoms with Gasteiger partial charge in [0.15, 0.2) is 5.88 Å². The Kier molecular flexibility index (Phi) is 2.54. The van der Waals surface area contributed by atoms with Gasteiger partial charge in [-0.15, -0.1) is 0 Å². The molecule has 1 heterocycles. The number of hydrazine groups is 1. The van der Waals surface area contributed by atoms with Crippen LogP contribution in [-0.4, -0.2) is 38.3 Å². The Morgan fingerprint density at radius 3 is 2.75 bits per heavy atom. The minimum Gasteiger partial charge on any atom is -0.482 e. The topological polar surface area (TPSA) is 50.8 Å². The number of esters is 1. The molecule has 0 saturated carbocycles. The second-order valence-electron chi connectivity index (χ2n) is 2.43. The average molecular weight is 172 g/mol. The van der Waals surface area contributed by atoms with Gasteiger partial charge in [0.25, 0.3) is 0 Å². The number of likely N-dealkylation sites (N-methyl/N-ethyl adjacent to an activating group) is 1. The van der Waals surface area contributed by atoms with Crippen LogP contribution in [0.3, 0.4) is 0 Å². The Bertz CT molecular complexity index is 215. The third-order valence-electron chi connectivity index (χ3n) is 1.68. The first-order chi connectivity index (χ1) is 5.69. The molecule has 0 saturated heterocycles. The van der Waals surface area contributed by atoms with E-state index in [2.05, 4.69) is 10.2 Å². The molecule has 68 valence electrons. The number of ether oxygens (including phenoxy) is 2. The van der Waals surface area contributed by atoms with E-state index in [0.29, 0.717) is 5.88 Å². The number of hydrogen-bond acceptors (Lipinski definition) is 5. The summed E-state index contributed by atoms with van der Waals surface area (Å²) < 4.78 is 9.48. The predicted molar refractivity (Wildman–Crippen MR) is 41.8 cm³/mol. The maximum absolute atomic E-state index is 11.1. The van der Waals surface area contributed by atoms with Crippen molar-refractivity contribution in [2.75, 3.05) is 21.3 Å². The number of nitrogens with one attached hydrogen (secondary N) is 1. The summed E-state index contributed by atoms with van der Waals surface area (Å²) in [5.41, 5.74) is 2.84. The zero-order valence-corrected chi connectivity index (χ0v) is 7.33. The second kappa shape index (κ2) is 3.44. The highest BCUT2D eigenvalue weighted by Crippen LogP contribution is 2.10. The van der Waals surface area contributed by atoms with Crippen LogP contribution in [0.25, 0.3) is 0 Å². The number of hydrogen-bond donors (Lipinski definition) is 1. The number of nitrogens with zero attached hydrogens (tertiary/aromatic N) is 1. The molecule has 12 heavy (non-hydrogen) atoms. The van der Waals surface area contributed by atoms with Crippen LogP contribution in [-0.2, 0) is 14.3 Å². The van der Waals surface area contributed by atoms with Gasteiger partial charge in [-0.25, -0.2) is 9.80 Å². The molecule has 1 atom stereocenters. The highest BCUT2D eigenvalue weighted by Gasteiger charge is 2.28. The van der Waals surface area contributed by atoms with E-state index in [-0.39, 0.29) is 5.97 Å². The maximum atomic E-state index is 11.1. The molecule has 1 rings (SSSR count). The number of carbonyl (C=O) groups excluding carboxylic acids is 1. The highest BCUT2D eigenvalue weighted by atomic mass is 16.5. The van der Waals surface area contributed by atoms with Gasteiger partial charge in [0.05, 0.1) is 14.2 Å². The fourth-order valence-electron chi connectivity index (χ4n) is 0.996. The second-order valence-corrected chi connectivity index (χ2v) is 2.43. The molecule has 1 unspecified atom stereocenters. The van der Waals surface area contributed by atoms with Gasteiger partial charge < -0.3 is 9.47 Å². The minimum atomic E-state index is -0.398.